The molecule has 1 rings (SSSR count). The number of thioether (sulfide) groups is 1. The molecular formula is C7H10N2OS2. The first-order chi connectivity index (χ1) is 5.83. The Morgan fingerprint density at radius 1 is 1.75 bits per heavy atom. The predicted molar refractivity (Wildman–Crippen MR) is 50.5 cm³/mol. The summed E-state index contributed by atoms with van der Waals surface area (Å²) in [5, 5.41) is 0. The highest BCUT2D eigenvalue weighted by molar-refractivity contribution is 8.01. The van der Waals surface area contributed by atoms with Gasteiger partial charge in [-0.05, 0) is 18.0 Å². The first-order valence-corrected chi connectivity index (χ1v) is 5.50. The van der Waals surface area contributed by atoms with Gasteiger partial charge < -0.3 is 0 Å². The number of rotatable bonds is 5. The van der Waals surface area contributed by atoms with Gasteiger partial charge in [0.25, 0.3) is 0 Å². The van der Waals surface area contributed by atoms with Crippen LogP contribution in [0.2, 0.25) is 0 Å². The molecule has 1 aromatic heterocycles. The molecule has 0 aliphatic rings. The van der Waals surface area contributed by atoms with Crippen LogP contribution in [0.15, 0.2) is 10.7 Å². The summed E-state index contributed by atoms with van der Waals surface area (Å²) in [5.74, 6) is 0.820. The molecule has 66 valence electrons. The Morgan fingerprint density at radius 2 is 2.58 bits per heavy atom. The van der Waals surface area contributed by atoms with Crippen molar-refractivity contribution >= 4 is 29.1 Å². The smallest absolute Gasteiger partial charge is 0.170 e. The maximum Gasteiger partial charge on any atom is 0.170 e. The van der Waals surface area contributed by atoms with Gasteiger partial charge in [0.2, 0.25) is 0 Å². The zero-order valence-electron chi connectivity index (χ0n) is 6.82. The van der Waals surface area contributed by atoms with Crippen LogP contribution >= 0.6 is 23.3 Å². The maximum absolute atomic E-state index is 11.1. The van der Waals surface area contributed by atoms with Crippen molar-refractivity contribution in [2.24, 2.45) is 0 Å². The molecule has 0 atom stereocenters. The van der Waals surface area contributed by atoms with Crippen LogP contribution in [0.25, 0.3) is 0 Å². The number of nitrogens with zero attached hydrogens (tertiary/aromatic N) is 2. The minimum Gasteiger partial charge on any atom is -0.299 e. The van der Waals surface area contributed by atoms with Gasteiger partial charge in [0.05, 0.1) is 5.75 Å². The van der Waals surface area contributed by atoms with E-state index in [0.717, 1.165) is 10.8 Å². The summed E-state index contributed by atoms with van der Waals surface area (Å²) >= 11 is 2.80. The van der Waals surface area contributed by atoms with E-state index in [1.165, 1.54) is 29.6 Å². The van der Waals surface area contributed by atoms with Crippen LogP contribution in [-0.4, -0.2) is 20.9 Å². The molecule has 5 heteroatoms. The largest absolute Gasteiger partial charge is 0.299 e. The second-order valence-electron chi connectivity index (χ2n) is 2.28. The lowest BCUT2D eigenvalue weighted by atomic mass is 10.3. The SMILES string of the molecule is CCCC(=O)CSc1ncns1. The number of hydrogen-bond donors (Lipinski definition) is 0. The number of hydrogen-bond acceptors (Lipinski definition) is 5. The molecule has 0 aliphatic heterocycles. The Bertz CT molecular complexity index is 236. The van der Waals surface area contributed by atoms with Crippen molar-refractivity contribution in [3.05, 3.63) is 6.33 Å². The van der Waals surface area contributed by atoms with Gasteiger partial charge >= 0.3 is 0 Å². The second-order valence-corrected chi connectivity index (χ2v) is 4.29. The van der Waals surface area contributed by atoms with Gasteiger partial charge in [-0.2, -0.15) is 4.37 Å². The molecule has 0 spiro atoms. The summed E-state index contributed by atoms with van der Waals surface area (Å²) < 4.78 is 4.72. The summed E-state index contributed by atoms with van der Waals surface area (Å²) in [6.45, 7) is 2.01. The number of aromatic nitrogens is 2. The van der Waals surface area contributed by atoms with Crippen molar-refractivity contribution in [1.82, 2.24) is 9.36 Å². The van der Waals surface area contributed by atoms with E-state index in [0.29, 0.717) is 12.2 Å². The normalized spacial score (nSPS) is 10.1. The van der Waals surface area contributed by atoms with E-state index in [9.17, 15) is 4.79 Å². The lowest BCUT2D eigenvalue weighted by Crippen LogP contribution is -1.99. The van der Waals surface area contributed by atoms with Crippen LogP contribution in [-0.2, 0) is 4.79 Å². The minimum atomic E-state index is 0.290. The quantitative estimate of drug-likeness (QED) is 0.685. The topological polar surface area (TPSA) is 42.9 Å². The second kappa shape index (κ2) is 5.27. The lowest BCUT2D eigenvalue weighted by molar-refractivity contribution is -0.116. The van der Waals surface area contributed by atoms with Crippen molar-refractivity contribution in [1.29, 1.82) is 0 Å². The number of carbonyl (C=O) groups excluding carboxylic acids is 1. The molecule has 0 aromatic carbocycles. The molecule has 0 amide bonds. The van der Waals surface area contributed by atoms with E-state index in [4.69, 9.17) is 0 Å². The molecule has 0 aliphatic carbocycles. The molecule has 0 unspecified atom stereocenters. The fourth-order valence-electron chi connectivity index (χ4n) is 0.720. The first kappa shape index (κ1) is 9.67. The molecule has 12 heavy (non-hydrogen) atoms. The van der Waals surface area contributed by atoms with Crippen LogP contribution in [0.3, 0.4) is 0 Å². The van der Waals surface area contributed by atoms with E-state index in [-0.39, 0.29) is 5.78 Å². The van der Waals surface area contributed by atoms with Crippen molar-refractivity contribution in [3.63, 3.8) is 0 Å². The fraction of sp³-hybridized carbons (Fsp3) is 0.571. The van der Waals surface area contributed by atoms with Gasteiger partial charge in [0, 0.05) is 6.42 Å². The van der Waals surface area contributed by atoms with Crippen molar-refractivity contribution in [3.8, 4) is 0 Å². The highest BCUT2D eigenvalue weighted by Gasteiger charge is 2.03. The van der Waals surface area contributed by atoms with E-state index < -0.39 is 0 Å². The van der Waals surface area contributed by atoms with E-state index in [1.807, 2.05) is 6.92 Å². The third-order valence-electron chi connectivity index (χ3n) is 1.23. The Balaban J connectivity index is 2.22. The van der Waals surface area contributed by atoms with Crippen LogP contribution < -0.4 is 0 Å². The third kappa shape index (κ3) is 3.32. The summed E-state index contributed by atoms with van der Waals surface area (Å²) in [6, 6.07) is 0. The molecule has 0 fully saturated rings. The fourth-order valence-corrected chi connectivity index (χ4v) is 2.07. The molecule has 0 bridgehead atoms. The highest BCUT2D eigenvalue weighted by atomic mass is 32.2. The van der Waals surface area contributed by atoms with Crippen molar-refractivity contribution < 1.29 is 4.79 Å². The Kier molecular flexibility index (Phi) is 4.24. The van der Waals surface area contributed by atoms with Crippen molar-refractivity contribution in [2.45, 2.75) is 24.1 Å². The van der Waals surface area contributed by atoms with E-state index in [2.05, 4.69) is 9.36 Å². The zero-order chi connectivity index (χ0) is 8.81. The van der Waals surface area contributed by atoms with Crippen LogP contribution in [0.1, 0.15) is 19.8 Å². The zero-order valence-corrected chi connectivity index (χ0v) is 8.45. The first-order valence-electron chi connectivity index (χ1n) is 3.74. The van der Waals surface area contributed by atoms with Crippen molar-refractivity contribution in [2.75, 3.05) is 5.75 Å². The number of Topliss-reactive ketones (excluding diaryl/α,β-unsaturated/α-hetero) is 1. The van der Waals surface area contributed by atoms with Crippen LogP contribution in [0, 0.1) is 0 Å². The average Bonchev–Trinajstić information content (AvgIpc) is 2.53. The summed E-state index contributed by atoms with van der Waals surface area (Å²) in [7, 11) is 0. The molecule has 3 nitrogen and oxygen atoms in total. The van der Waals surface area contributed by atoms with Gasteiger partial charge in [0.15, 0.2) is 4.34 Å². The number of carbonyl (C=O) groups is 1. The van der Waals surface area contributed by atoms with E-state index in [1.54, 1.807) is 0 Å². The Hall–Kier alpha value is -0.420. The maximum atomic E-state index is 11.1. The van der Waals surface area contributed by atoms with Crippen LogP contribution in [0.5, 0.6) is 0 Å². The summed E-state index contributed by atoms with van der Waals surface area (Å²) in [6.07, 6.45) is 3.11. The number of ketones is 1. The molecule has 1 aromatic rings. The summed E-state index contributed by atoms with van der Waals surface area (Å²) in [4.78, 5) is 15.0. The minimum absolute atomic E-state index is 0.290. The molecule has 0 radical (unpaired) electrons. The standard InChI is InChI=1S/C7H10N2OS2/c1-2-3-6(10)4-11-7-8-5-9-12-7/h5H,2-4H2,1H3. The molecule has 0 saturated heterocycles. The van der Waals surface area contributed by atoms with Crippen LogP contribution in [0.4, 0.5) is 0 Å². The lowest BCUT2D eigenvalue weighted by Gasteiger charge is -1.94. The van der Waals surface area contributed by atoms with Gasteiger partial charge in [-0.1, -0.05) is 18.7 Å². The molecule has 0 saturated carbocycles. The van der Waals surface area contributed by atoms with Gasteiger partial charge in [0.1, 0.15) is 12.1 Å². The van der Waals surface area contributed by atoms with E-state index >= 15 is 0 Å². The van der Waals surface area contributed by atoms with Gasteiger partial charge in [-0.25, -0.2) is 4.98 Å². The molecule has 1 heterocycles. The average molecular weight is 202 g/mol. The third-order valence-corrected chi connectivity index (χ3v) is 3.08. The highest BCUT2D eigenvalue weighted by Crippen LogP contribution is 2.18. The monoisotopic (exact) mass is 202 g/mol. The molecular weight excluding hydrogens is 192 g/mol. The predicted octanol–water partition coefficient (Wildman–Crippen LogP) is 2.00. The Labute approximate surface area is 79.8 Å². The molecule has 0 N–H and O–H groups in total. The Morgan fingerprint density at radius 3 is 3.17 bits per heavy atom. The van der Waals surface area contributed by atoms with Gasteiger partial charge in [-0.3, -0.25) is 4.79 Å². The van der Waals surface area contributed by atoms with Gasteiger partial charge in [-0.15, -0.1) is 0 Å². The summed E-state index contributed by atoms with van der Waals surface area (Å²) in [5.41, 5.74) is 0.